The SMILES string of the molecule is Cc1cc2cc(S(=O)(=O)O)cc(Nc3nc(NCCO)nc(Nc4ccc(Nc5nc(NCCO)nc(Nc6cc(S(=O)(=O)O)cc7cc(C)c(N=Nc8ccc(O)c(COO)c8)c(O)c67)n5)c(C(=O)O)c4)n3)c2c(O)c1N=Nc1ccc(O)c(COO)c1. The number of phenols is 4. The van der Waals surface area contributed by atoms with E-state index in [0.717, 1.165) is 30.3 Å². The maximum Gasteiger partial charge on any atom is 0.337 e. The van der Waals surface area contributed by atoms with E-state index in [0.29, 0.717) is 5.56 Å². The lowest BCUT2D eigenvalue weighted by atomic mass is 10.0. The number of aryl methyl sites for hydroxylation is 2. The monoisotopic (exact) mass is 1260 g/mol. The van der Waals surface area contributed by atoms with Gasteiger partial charge in [0.05, 0.1) is 57.0 Å². The molecule has 0 bridgehead atoms. The summed E-state index contributed by atoms with van der Waals surface area (Å²) in [4.78, 5) is 46.0. The van der Waals surface area contributed by atoms with Crippen molar-refractivity contribution < 1.29 is 86.8 Å². The fourth-order valence-electron chi connectivity index (χ4n) is 8.71. The number of carboxylic acids is 1. The van der Waals surface area contributed by atoms with E-state index in [4.69, 9.17) is 10.5 Å². The Morgan fingerprint density at radius 2 is 0.910 bits per heavy atom. The number of aliphatic hydroxyl groups is 2. The fourth-order valence-corrected chi connectivity index (χ4v) is 9.80. The fraction of sp³-hybridized carbons (Fsp3) is 0.151. The normalized spacial score (nSPS) is 11.9. The summed E-state index contributed by atoms with van der Waals surface area (Å²) in [7, 11) is -9.82. The van der Waals surface area contributed by atoms with Crippen LogP contribution in [-0.2, 0) is 43.2 Å². The number of nitrogens with one attached hydrogen (secondary N) is 6. The molecule has 0 saturated carbocycles. The number of carboxylic acid groups (broad SMARTS) is 1. The molecule has 0 aliphatic carbocycles. The molecule has 0 saturated heterocycles. The van der Waals surface area contributed by atoms with Crippen molar-refractivity contribution in [2.24, 2.45) is 20.5 Å². The van der Waals surface area contributed by atoms with Gasteiger partial charge in [-0.25, -0.2) is 14.6 Å². The number of azo groups is 2. The van der Waals surface area contributed by atoms with E-state index in [1.54, 1.807) is 6.92 Å². The summed E-state index contributed by atoms with van der Waals surface area (Å²) in [6, 6.07) is 18.9. The zero-order chi connectivity index (χ0) is 63.9. The molecule has 9 rings (SSSR count). The number of aliphatic hydroxyl groups excluding tert-OH is 2. The number of benzene rings is 7. The van der Waals surface area contributed by atoms with Gasteiger partial charge in [-0.2, -0.15) is 57.0 Å². The third kappa shape index (κ3) is 14.8. The highest BCUT2D eigenvalue weighted by Gasteiger charge is 2.24. The van der Waals surface area contributed by atoms with Crippen molar-refractivity contribution in [3.8, 4) is 23.0 Å². The molecule has 0 unspecified atom stereocenters. The maximum absolute atomic E-state index is 13.0. The third-order valence-corrected chi connectivity index (χ3v) is 14.4. The smallest absolute Gasteiger partial charge is 0.337 e. The zero-order valence-electron chi connectivity index (χ0n) is 46.0. The minimum Gasteiger partial charge on any atom is -0.508 e. The number of aromatic hydroxyl groups is 4. The molecule has 9 aromatic rings. The standard InChI is InChI=1S/C53H50N16O18S2/c1-24-13-26-17-33(88(80,81)82)20-37(41(26)45(74)43(24)68-66-31-4-7-39(72)28(15-31)22-86-78)58-52-62-48(54-9-11-70)60-50(64-52)56-30-3-6-36(35(19-30)47(76)77)57-51-61-49(55-10-12-71)63-53(65-51)59-38-21-34(89(83,84)85)18-27-14-25(2)44(46(75)42(27)38)69-67-32-5-8-40(73)29(16-32)23-87-79/h3-8,13-21,70-75,78-79H,9-12,22-23H2,1-2H3,(H,76,77)(H,80,81,82)(H,83,84,85)(H3,54,56,58,60,62,64)(H3,55,57,59,61,63,65). The van der Waals surface area contributed by atoms with Crippen LogP contribution in [0.15, 0.2) is 121 Å². The number of anilines is 10. The first kappa shape index (κ1) is 62.8. The Bertz CT molecular complexity index is 4550. The van der Waals surface area contributed by atoms with E-state index in [1.165, 1.54) is 67.6 Å². The number of nitrogens with zero attached hydrogens (tertiary/aromatic N) is 10. The van der Waals surface area contributed by atoms with Crippen molar-refractivity contribution in [1.29, 1.82) is 0 Å². The Morgan fingerprint density at radius 3 is 1.30 bits per heavy atom. The van der Waals surface area contributed by atoms with Crippen LogP contribution >= 0.6 is 0 Å². The molecule has 34 nitrogen and oxygen atoms in total. The predicted molar refractivity (Wildman–Crippen MR) is 317 cm³/mol. The number of hydrogen-bond acceptors (Lipinski definition) is 31. The molecule has 2 heterocycles. The summed E-state index contributed by atoms with van der Waals surface area (Å²) < 4.78 is 70.8. The molecular weight excluding hydrogens is 1210 g/mol. The second-order valence-electron chi connectivity index (χ2n) is 18.9. The van der Waals surface area contributed by atoms with E-state index >= 15 is 0 Å². The van der Waals surface area contributed by atoms with Gasteiger partial charge in [-0.3, -0.25) is 19.6 Å². The molecule has 0 aliphatic rings. The third-order valence-electron chi connectivity index (χ3n) is 12.7. The zero-order valence-corrected chi connectivity index (χ0v) is 47.6. The Labute approximate surface area is 501 Å². The molecule has 89 heavy (non-hydrogen) atoms. The lowest BCUT2D eigenvalue weighted by Gasteiger charge is -2.16. The highest BCUT2D eigenvalue weighted by atomic mass is 32.2. The average Bonchev–Trinajstić information content (AvgIpc) is 0.830. The molecule has 17 N–H and O–H groups in total. The van der Waals surface area contributed by atoms with Crippen LogP contribution in [0.5, 0.6) is 23.0 Å². The quantitative estimate of drug-likeness (QED) is 0.0110. The molecule has 0 fully saturated rings. The van der Waals surface area contributed by atoms with Crippen LogP contribution in [0.4, 0.5) is 81.2 Å². The van der Waals surface area contributed by atoms with Crippen molar-refractivity contribution in [3.05, 3.63) is 119 Å². The van der Waals surface area contributed by atoms with Crippen molar-refractivity contribution in [1.82, 2.24) is 29.9 Å². The summed E-state index contributed by atoms with van der Waals surface area (Å²) in [5.41, 5.74) is 0.112. The summed E-state index contributed by atoms with van der Waals surface area (Å²) in [6.07, 6.45) is 0. The van der Waals surface area contributed by atoms with E-state index in [2.05, 4.69) is 92.0 Å². The Morgan fingerprint density at radius 1 is 0.506 bits per heavy atom. The number of aromatic carboxylic acids is 1. The molecule has 0 atom stereocenters. The number of carbonyl (C=O) groups is 1. The van der Waals surface area contributed by atoms with Gasteiger partial charge in [-0.15, -0.1) is 10.2 Å². The van der Waals surface area contributed by atoms with E-state index < -0.39 is 66.3 Å². The molecule has 0 spiro atoms. The summed E-state index contributed by atoms with van der Waals surface area (Å²) >= 11 is 0. The predicted octanol–water partition coefficient (Wildman–Crippen LogP) is 8.59. The number of phenolic OH excluding ortho intramolecular Hbond substituents is 4. The second-order valence-corrected chi connectivity index (χ2v) is 21.8. The first-order valence-electron chi connectivity index (χ1n) is 25.7. The van der Waals surface area contributed by atoms with Crippen LogP contribution in [0.2, 0.25) is 0 Å². The molecule has 0 radical (unpaired) electrons. The number of rotatable bonds is 25. The molecule has 2 aromatic heterocycles. The first-order chi connectivity index (χ1) is 42.4. The second kappa shape index (κ2) is 26.5. The van der Waals surface area contributed by atoms with E-state index in [-0.39, 0.29) is 157 Å². The largest absolute Gasteiger partial charge is 0.508 e. The van der Waals surface area contributed by atoms with Gasteiger partial charge in [0.1, 0.15) is 36.1 Å². The van der Waals surface area contributed by atoms with Gasteiger partial charge in [-0.1, -0.05) is 0 Å². The van der Waals surface area contributed by atoms with Gasteiger partial charge in [0.15, 0.2) is 11.5 Å². The molecule has 7 aromatic carbocycles. The van der Waals surface area contributed by atoms with Crippen molar-refractivity contribution in [3.63, 3.8) is 0 Å². The van der Waals surface area contributed by atoms with Gasteiger partial charge >= 0.3 is 5.97 Å². The first-order valence-corrected chi connectivity index (χ1v) is 28.5. The minimum absolute atomic E-state index is 0.0387. The molecule has 36 heteroatoms. The molecule has 0 aliphatic heterocycles. The lowest BCUT2D eigenvalue weighted by molar-refractivity contribution is -0.253. The Hall–Kier alpha value is -10.7. The van der Waals surface area contributed by atoms with Crippen molar-refractivity contribution >= 4 is 129 Å². The average molecular weight is 1260 g/mol. The Kier molecular flexibility index (Phi) is 18.7. The van der Waals surface area contributed by atoms with E-state index in [1.807, 2.05) is 0 Å². The van der Waals surface area contributed by atoms with Crippen molar-refractivity contribution in [2.45, 2.75) is 36.9 Å². The summed E-state index contributed by atoms with van der Waals surface area (Å²) in [6.45, 7) is 1.29. The summed E-state index contributed by atoms with van der Waals surface area (Å²) in [5, 5.41) is 125. The highest BCUT2D eigenvalue weighted by molar-refractivity contribution is 7.86. The number of hydrogen-bond donors (Lipinski definition) is 17. The van der Waals surface area contributed by atoms with Gasteiger partial charge in [0.2, 0.25) is 35.7 Å². The minimum atomic E-state index is -4.92. The van der Waals surface area contributed by atoms with Crippen molar-refractivity contribution in [2.75, 3.05) is 58.2 Å². The van der Waals surface area contributed by atoms with Gasteiger partial charge < -0.3 is 67.6 Å². The topological polar surface area (TPSA) is 525 Å². The number of aromatic nitrogens is 6. The lowest BCUT2D eigenvalue weighted by Crippen LogP contribution is -2.13. The van der Waals surface area contributed by atoms with Gasteiger partial charge in [0.25, 0.3) is 20.2 Å². The molecular formula is C53H50N16O18S2. The van der Waals surface area contributed by atoms with Crippen LogP contribution in [0.3, 0.4) is 0 Å². The van der Waals surface area contributed by atoms with Gasteiger partial charge in [0, 0.05) is 40.7 Å². The van der Waals surface area contributed by atoms with Gasteiger partial charge in [-0.05, 0) is 127 Å². The van der Waals surface area contributed by atoms with Crippen LogP contribution in [0, 0.1) is 13.8 Å². The highest BCUT2D eigenvalue weighted by Crippen LogP contribution is 2.46. The summed E-state index contributed by atoms with van der Waals surface area (Å²) in [5.74, 6) is -4.70. The Balaban J connectivity index is 1.05. The van der Waals surface area contributed by atoms with Crippen LogP contribution in [0.1, 0.15) is 32.6 Å². The van der Waals surface area contributed by atoms with Crippen LogP contribution < -0.4 is 31.9 Å². The van der Waals surface area contributed by atoms with Crippen LogP contribution in [0.25, 0.3) is 21.5 Å². The number of fused-ring (bicyclic) bond motifs is 2. The molecule has 0 amide bonds. The van der Waals surface area contributed by atoms with Crippen LogP contribution in [-0.4, -0.2) is 134 Å². The maximum atomic E-state index is 13.0. The molecule has 462 valence electrons. The van der Waals surface area contributed by atoms with E-state index in [9.17, 15) is 66.5 Å².